The third kappa shape index (κ3) is 3.94. The molecule has 0 radical (unpaired) electrons. The molecule has 4 rings (SSSR count). The lowest BCUT2D eigenvalue weighted by atomic mass is 9.99. The van der Waals surface area contributed by atoms with Gasteiger partial charge in [0.05, 0.1) is 16.8 Å². The largest absolute Gasteiger partial charge is 0.364 e. The van der Waals surface area contributed by atoms with Gasteiger partial charge < -0.3 is 9.47 Å². The van der Waals surface area contributed by atoms with Crippen LogP contribution in [0, 0.1) is 28.5 Å². The van der Waals surface area contributed by atoms with Crippen molar-refractivity contribution in [2.45, 2.75) is 38.9 Å². The molecule has 0 N–H and O–H groups in total. The van der Waals surface area contributed by atoms with Crippen LogP contribution >= 0.6 is 0 Å². The number of anilines is 1. The van der Waals surface area contributed by atoms with E-state index in [4.69, 9.17) is 0 Å². The molecule has 1 fully saturated rings. The minimum absolute atomic E-state index is 0.0130. The molecule has 3 atom stereocenters. The van der Waals surface area contributed by atoms with Crippen molar-refractivity contribution in [1.29, 1.82) is 10.5 Å². The molecule has 7 nitrogen and oxygen atoms in total. The molecular weight excluding hydrogens is 419 g/mol. The van der Waals surface area contributed by atoms with Crippen molar-refractivity contribution < 1.29 is 4.39 Å². The van der Waals surface area contributed by atoms with E-state index in [1.807, 2.05) is 6.07 Å². The van der Waals surface area contributed by atoms with Crippen LogP contribution in [0.3, 0.4) is 0 Å². The molecule has 8 heteroatoms. The van der Waals surface area contributed by atoms with Crippen molar-refractivity contribution in [3.05, 3.63) is 69.4 Å². The van der Waals surface area contributed by atoms with E-state index < -0.39 is 5.82 Å². The number of halogens is 1. The number of fused-ring (bicyclic) bond motifs is 1. The van der Waals surface area contributed by atoms with Crippen LogP contribution in [0.5, 0.6) is 0 Å². The number of rotatable bonds is 3. The van der Waals surface area contributed by atoms with Crippen molar-refractivity contribution in [2.24, 2.45) is 7.05 Å². The summed E-state index contributed by atoms with van der Waals surface area (Å²) < 4.78 is 15.3. The molecule has 1 aromatic carbocycles. The zero-order valence-corrected chi connectivity index (χ0v) is 19.1. The number of nitrogens with zero attached hydrogens (tertiary/aromatic N) is 6. The number of pyridine rings is 2. The lowest BCUT2D eigenvalue weighted by molar-refractivity contribution is 0.119. The van der Waals surface area contributed by atoms with Gasteiger partial charge in [-0.2, -0.15) is 10.5 Å². The molecular formula is C25H25FN6O. The van der Waals surface area contributed by atoms with Crippen molar-refractivity contribution in [1.82, 2.24) is 14.5 Å². The lowest BCUT2D eigenvalue weighted by Gasteiger charge is -2.47. The van der Waals surface area contributed by atoms with Gasteiger partial charge in [0.1, 0.15) is 29.2 Å². The number of hydrogen-bond donors (Lipinski definition) is 0. The molecule has 1 aliphatic rings. The highest BCUT2D eigenvalue weighted by atomic mass is 19.1. The Balaban J connectivity index is 1.69. The maximum atomic E-state index is 13.8. The van der Waals surface area contributed by atoms with Crippen LogP contribution < -0.4 is 10.5 Å². The fraction of sp³-hybridized carbons (Fsp3) is 0.360. The number of benzene rings is 1. The van der Waals surface area contributed by atoms with Crippen LogP contribution in [-0.2, 0) is 7.05 Å². The van der Waals surface area contributed by atoms with E-state index in [0.717, 1.165) is 11.3 Å². The zero-order chi connectivity index (χ0) is 23.9. The number of hydrogen-bond acceptors (Lipinski definition) is 6. The standard InChI is InChI=1S/C25H25FN6O/c1-15-14-32(23-10-24(33)30(4)22-8-6-20(12-28)29-25(22)23)16(2)13-31(15)17(3)18-5-7-21(26)19(9-18)11-27/h5-10,15-17H,13-14H2,1-4H3/t15-,16+,17?/m1/s1. The first-order chi connectivity index (χ1) is 15.7. The predicted molar refractivity (Wildman–Crippen MR) is 124 cm³/mol. The van der Waals surface area contributed by atoms with Gasteiger partial charge in [-0.05, 0) is 50.6 Å². The predicted octanol–water partition coefficient (Wildman–Crippen LogP) is 3.48. The normalized spacial score (nSPS) is 19.8. The van der Waals surface area contributed by atoms with Crippen molar-refractivity contribution in [2.75, 3.05) is 18.0 Å². The molecule has 3 heterocycles. The molecule has 1 unspecified atom stereocenters. The highest BCUT2D eigenvalue weighted by Gasteiger charge is 2.34. The summed E-state index contributed by atoms with van der Waals surface area (Å²) in [5.41, 5.74) is 3.15. The van der Waals surface area contributed by atoms with Gasteiger partial charge in [-0.1, -0.05) is 6.07 Å². The van der Waals surface area contributed by atoms with E-state index in [9.17, 15) is 19.7 Å². The molecule has 1 aliphatic heterocycles. The Bertz CT molecular complexity index is 1370. The second kappa shape index (κ2) is 8.65. The maximum absolute atomic E-state index is 13.8. The van der Waals surface area contributed by atoms with E-state index in [0.29, 0.717) is 29.8 Å². The molecule has 0 bridgehead atoms. The lowest BCUT2D eigenvalue weighted by Crippen LogP contribution is -2.57. The van der Waals surface area contributed by atoms with Crippen LogP contribution in [0.4, 0.5) is 10.1 Å². The Labute approximate surface area is 191 Å². The highest BCUT2D eigenvalue weighted by molar-refractivity contribution is 5.89. The van der Waals surface area contributed by atoms with Crippen molar-refractivity contribution in [3.63, 3.8) is 0 Å². The van der Waals surface area contributed by atoms with Crippen molar-refractivity contribution >= 4 is 16.7 Å². The highest BCUT2D eigenvalue weighted by Crippen LogP contribution is 2.32. The fourth-order valence-electron chi connectivity index (χ4n) is 4.70. The van der Waals surface area contributed by atoms with Gasteiger partial charge in [-0.3, -0.25) is 9.69 Å². The molecule has 0 spiro atoms. The van der Waals surface area contributed by atoms with Gasteiger partial charge in [0, 0.05) is 44.3 Å². The van der Waals surface area contributed by atoms with Crippen LogP contribution in [0.1, 0.15) is 43.6 Å². The summed E-state index contributed by atoms with van der Waals surface area (Å²) in [7, 11) is 1.70. The van der Waals surface area contributed by atoms with Gasteiger partial charge in [0.25, 0.3) is 5.56 Å². The summed E-state index contributed by atoms with van der Waals surface area (Å²) in [5, 5.41) is 18.5. The third-order valence-corrected chi connectivity index (χ3v) is 6.62. The first-order valence-electron chi connectivity index (χ1n) is 10.9. The topological polar surface area (TPSA) is 89.0 Å². The Hall–Kier alpha value is -3.75. The van der Waals surface area contributed by atoms with Gasteiger partial charge in [-0.25, -0.2) is 9.37 Å². The first-order valence-corrected chi connectivity index (χ1v) is 10.9. The average Bonchev–Trinajstić information content (AvgIpc) is 2.82. The molecule has 33 heavy (non-hydrogen) atoms. The summed E-state index contributed by atoms with van der Waals surface area (Å²) in [6.45, 7) is 7.62. The summed E-state index contributed by atoms with van der Waals surface area (Å²) >= 11 is 0. The molecule has 1 saturated heterocycles. The third-order valence-electron chi connectivity index (χ3n) is 6.62. The van der Waals surface area contributed by atoms with Crippen LogP contribution in [-0.4, -0.2) is 39.6 Å². The summed E-state index contributed by atoms with van der Waals surface area (Å²) in [6.07, 6.45) is 0. The monoisotopic (exact) mass is 444 g/mol. The van der Waals surface area contributed by atoms with Crippen LogP contribution in [0.2, 0.25) is 0 Å². The summed E-state index contributed by atoms with van der Waals surface area (Å²) in [5.74, 6) is -0.513. The summed E-state index contributed by atoms with van der Waals surface area (Å²) in [4.78, 5) is 21.7. The SMILES string of the molecule is CC(c1ccc(F)c(C#N)c1)N1C[C@H](C)N(c2cc(=O)n(C)c3ccc(C#N)nc23)C[C@H]1C. The van der Waals surface area contributed by atoms with E-state index in [-0.39, 0.29) is 29.2 Å². The Kier molecular flexibility index (Phi) is 5.88. The number of nitriles is 2. The maximum Gasteiger partial charge on any atom is 0.252 e. The van der Waals surface area contributed by atoms with Gasteiger partial charge >= 0.3 is 0 Å². The minimum Gasteiger partial charge on any atom is -0.364 e. The smallest absolute Gasteiger partial charge is 0.252 e. The number of aryl methyl sites for hydroxylation is 1. The molecule has 168 valence electrons. The van der Waals surface area contributed by atoms with Gasteiger partial charge in [0.2, 0.25) is 0 Å². The van der Waals surface area contributed by atoms with E-state index in [1.165, 1.54) is 6.07 Å². The van der Waals surface area contributed by atoms with Crippen LogP contribution in [0.25, 0.3) is 11.0 Å². The average molecular weight is 445 g/mol. The first kappa shape index (κ1) is 22.4. The van der Waals surface area contributed by atoms with E-state index >= 15 is 0 Å². The Morgan fingerprint density at radius 2 is 1.85 bits per heavy atom. The fourth-order valence-corrected chi connectivity index (χ4v) is 4.70. The summed E-state index contributed by atoms with van der Waals surface area (Å²) in [6, 6.07) is 13.8. The number of piperazine rings is 1. The minimum atomic E-state index is -0.513. The molecule has 0 saturated carbocycles. The molecule has 0 aliphatic carbocycles. The number of aromatic nitrogens is 2. The Morgan fingerprint density at radius 3 is 2.55 bits per heavy atom. The molecule has 2 aromatic heterocycles. The zero-order valence-electron chi connectivity index (χ0n) is 19.1. The van der Waals surface area contributed by atoms with Crippen molar-refractivity contribution in [3.8, 4) is 12.1 Å². The molecule has 3 aromatic rings. The second-order valence-electron chi connectivity index (χ2n) is 8.68. The second-order valence-corrected chi connectivity index (χ2v) is 8.68. The quantitative estimate of drug-likeness (QED) is 0.615. The van der Waals surface area contributed by atoms with E-state index in [1.54, 1.807) is 41.9 Å². The van der Waals surface area contributed by atoms with E-state index in [2.05, 4.69) is 41.6 Å². The van der Waals surface area contributed by atoms with Gasteiger partial charge in [-0.15, -0.1) is 0 Å². The molecule has 0 amide bonds. The Morgan fingerprint density at radius 1 is 1.09 bits per heavy atom. The van der Waals surface area contributed by atoms with Crippen LogP contribution in [0.15, 0.2) is 41.2 Å². The van der Waals surface area contributed by atoms with Gasteiger partial charge in [0.15, 0.2) is 0 Å².